The third-order valence-electron chi connectivity index (χ3n) is 14.4. The van der Waals surface area contributed by atoms with E-state index in [0.29, 0.717) is 19.3 Å². The number of hydrogen-bond acceptors (Lipinski definition) is 6. The SMILES string of the molecule is CC/C=C\C/C=C\C/C=C\C/C=C\C/C=C\CCCCCCCCCC(=O)OC(COC(=O)CC/C=C\C/C=C\C/C=C\C/C=C\CC)COC(=O)CCCCCCCCCCCCCCCCC/C=C\CCCCCCCCCC. The van der Waals surface area contributed by atoms with E-state index in [1.54, 1.807) is 0 Å². The van der Waals surface area contributed by atoms with E-state index in [9.17, 15) is 14.4 Å². The summed E-state index contributed by atoms with van der Waals surface area (Å²) in [5.74, 6) is -0.995. The molecule has 0 rings (SSSR count). The average Bonchev–Trinajstić information content (AvgIpc) is 3.46. The molecule has 0 aromatic rings. The minimum Gasteiger partial charge on any atom is -0.462 e. The standard InChI is InChI=1S/C75H126O6/c1-4-7-10-13-16-19-22-25-27-29-31-33-35-36-37-38-40-41-43-45-47-50-53-56-59-62-65-68-74(77)80-71-72(70-79-73(76)67-64-61-58-55-52-49-24-21-18-15-12-9-6-3)81-75(78)69-66-63-60-57-54-51-48-46-44-42-39-34-32-30-28-26-23-20-17-14-11-8-5-2/h8-9,11-12,17-18,20-21,26,28-29,31-32,34,42,44,49,52,58,61,72H,4-7,10,13-16,19,22-25,27,30,33,35-41,43,45-48,50-51,53-57,59-60,62-71H2,1-3H3/b11-8-,12-9-,20-17-,21-18-,28-26-,31-29-,34-32-,44-42-,52-49-,61-58-. The van der Waals surface area contributed by atoms with Gasteiger partial charge in [-0.2, -0.15) is 0 Å². The van der Waals surface area contributed by atoms with Crippen LogP contribution in [0.2, 0.25) is 0 Å². The fraction of sp³-hybridized carbons (Fsp3) is 0.693. The van der Waals surface area contributed by atoms with Crippen LogP contribution in [-0.4, -0.2) is 37.2 Å². The number of esters is 3. The lowest BCUT2D eigenvalue weighted by Gasteiger charge is -2.18. The topological polar surface area (TPSA) is 78.9 Å². The molecular weight excluding hydrogens is 997 g/mol. The molecule has 1 atom stereocenters. The van der Waals surface area contributed by atoms with E-state index in [-0.39, 0.29) is 37.5 Å². The largest absolute Gasteiger partial charge is 0.462 e. The average molecular weight is 1120 g/mol. The molecule has 0 fully saturated rings. The lowest BCUT2D eigenvalue weighted by atomic mass is 10.0. The van der Waals surface area contributed by atoms with E-state index >= 15 is 0 Å². The maximum atomic E-state index is 12.9. The Morgan fingerprint density at radius 1 is 0.259 bits per heavy atom. The van der Waals surface area contributed by atoms with Crippen LogP contribution >= 0.6 is 0 Å². The number of unbranched alkanes of at least 4 members (excludes halogenated alkanes) is 30. The Kier molecular flexibility index (Phi) is 64.8. The summed E-state index contributed by atoms with van der Waals surface area (Å²) in [6.45, 7) is 6.36. The van der Waals surface area contributed by atoms with Crippen molar-refractivity contribution in [1.82, 2.24) is 0 Å². The van der Waals surface area contributed by atoms with Gasteiger partial charge in [0.1, 0.15) is 13.2 Å². The molecule has 0 radical (unpaired) electrons. The van der Waals surface area contributed by atoms with Gasteiger partial charge in [-0.3, -0.25) is 14.4 Å². The number of rotatable bonds is 61. The number of ether oxygens (including phenoxy) is 3. The molecule has 0 heterocycles. The van der Waals surface area contributed by atoms with Crippen LogP contribution in [0.25, 0.3) is 0 Å². The number of hydrogen-bond donors (Lipinski definition) is 0. The maximum Gasteiger partial charge on any atom is 0.306 e. The molecule has 0 saturated heterocycles. The Bertz CT molecular complexity index is 1670. The van der Waals surface area contributed by atoms with Gasteiger partial charge < -0.3 is 14.2 Å². The molecule has 0 bridgehead atoms. The number of carbonyl (C=O) groups is 3. The minimum atomic E-state index is -0.817. The highest BCUT2D eigenvalue weighted by Gasteiger charge is 2.19. The maximum absolute atomic E-state index is 12.9. The smallest absolute Gasteiger partial charge is 0.306 e. The van der Waals surface area contributed by atoms with Crippen LogP contribution in [0.1, 0.15) is 316 Å². The Labute approximate surface area is 501 Å². The second-order valence-corrected chi connectivity index (χ2v) is 22.3. The first kappa shape index (κ1) is 76.8. The van der Waals surface area contributed by atoms with Gasteiger partial charge in [0, 0.05) is 19.3 Å². The van der Waals surface area contributed by atoms with Gasteiger partial charge in [-0.25, -0.2) is 0 Å². The van der Waals surface area contributed by atoms with Crippen molar-refractivity contribution in [3.05, 3.63) is 122 Å². The van der Waals surface area contributed by atoms with E-state index < -0.39 is 6.10 Å². The van der Waals surface area contributed by atoms with Crippen molar-refractivity contribution in [3.8, 4) is 0 Å². The molecule has 0 aliphatic rings. The monoisotopic (exact) mass is 1120 g/mol. The fourth-order valence-electron chi connectivity index (χ4n) is 9.42. The van der Waals surface area contributed by atoms with E-state index in [4.69, 9.17) is 14.2 Å². The second-order valence-electron chi connectivity index (χ2n) is 22.3. The molecule has 0 aliphatic carbocycles. The normalized spacial score (nSPS) is 12.9. The highest BCUT2D eigenvalue weighted by Crippen LogP contribution is 2.17. The van der Waals surface area contributed by atoms with Crippen LogP contribution in [0.15, 0.2) is 122 Å². The first-order chi connectivity index (χ1) is 40.0. The number of allylic oxidation sites excluding steroid dienone is 20. The summed E-state index contributed by atoms with van der Waals surface area (Å²) in [5, 5.41) is 0. The van der Waals surface area contributed by atoms with Crippen molar-refractivity contribution in [2.45, 2.75) is 322 Å². The summed E-state index contributed by atoms with van der Waals surface area (Å²) in [7, 11) is 0. The van der Waals surface area contributed by atoms with Crippen LogP contribution in [-0.2, 0) is 28.6 Å². The summed E-state index contributed by atoms with van der Waals surface area (Å²) in [6.07, 6.45) is 95.3. The third kappa shape index (κ3) is 66.5. The molecule has 1 unspecified atom stereocenters. The van der Waals surface area contributed by atoms with Gasteiger partial charge in [-0.15, -0.1) is 0 Å². The van der Waals surface area contributed by atoms with Crippen molar-refractivity contribution >= 4 is 17.9 Å². The lowest BCUT2D eigenvalue weighted by Crippen LogP contribution is -2.30. The van der Waals surface area contributed by atoms with Gasteiger partial charge in [-0.05, 0) is 116 Å². The van der Waals surface area contributed by atoms with Gasteiger partial charge >= 0.3 is 17.9 Å². The van der Waals surface area contributed by atoms with Crippen LogP contribution in [0, 0.1) is 0 Å². The van der Waals surface area contributed by atoms with Gasteiger partial charge in [0.2, 0.25) is 0 Å². The van der Waals surface area contributed by atoms with Crippen molar-refractivity contribution in [1.29, 1.82) is 0 Å². The second kappa shape index (κ2) is 68.3. The van der Waals surface area contributed by atoms with Crippen molar-refractivity contribution in [2.75, 3.05) is 13.2 Å². The highest BCUT2D eigenvalue weighted by atomic mass is 16.6. The van der Waals surface area contributed by atoms with Crippen LogP contribution in [0.4, 0.5) is 0 Å². The van der Waals surface area contributed by atoms with Gasteiger partial charge in [0.25, 0.3) is 0 Å². The molecule has 6 nitrogen and oxygen atoms in total. The lowest BCUT2D eigenvalue weighted by molar-refractivity contribution is -0.166. The molecule has 6 heteroatoms. The quantitative estimate of drug-likeness (QED) is 0.0261. The summed E-state index contributed by atoms with van der Waals surface area (Å²) >= 11 is 0. The van der Waals surface area contributed by atoms with Crippen molar-refractivity contribution in [2.24, 2.45) is 0 Å². The minimum absolute atomic E-state index is 0.105. The zero-order valence-electron chi connectivity index (χ0n) is 53.0. The molecule has 0 aliphatic heterocycles. The summed E-state index contributed by atoms with van der Waals surface area (Å²) in [6, 6.07) is 0. The Morgan fingerprint density at radius 3 is 0.840 bits per heavy atom. The van der Waals surface area contributed by atoms with E-state index in [1.807, 2.05) is 6.08 Å². The van der Waals surface area contributed by atoms with E-state index in [1.165, 1.54) is 161 Å². The zero-order valence-corrected chi connectivity index (χ0v) is 53.0. The van der Waals surface area contributed by atoms with Gasteiger partial charge in [-0.1, -0.05) is 303 Å². The number of carbonyl (C=O) groups excluding carboxylic acids is 3. The molecule has 0 spiro atoms. The van der Waals surface area contributed by atoms with Crippen LogP contribution in [0.5, 0.6) is 0 Å². The van der Waals surface area contributed by atoms with Gasteiger partial charge in [0.05, 0.1) is 0 Å². The van der Waals surface area contributed by atoms with Crippen molar-refractivity contribution < 1.29 is 28.6 Å². The molecule has 462 valence electrons. The Balaban J connectivity index is 4.33. The first-order valence-corrected chi connectivity index (χ1v) is 34.0. The molecule has 0 aromatic carbocycles. The molecule has 81 heavy (non-hydrogen) atoms. The predicted octanol–water partition coefficient (Wildman–Crippen LogP) is 23.6. The Hall–Kier alpha value is -4.19. The third-order valence-corrected chi connectivity index (χ3v) is 14.4. The van der Waals surface area contributed by atoms with Crippen LogP contribution in [0.3, 0.4) is 0 Å². The molecule has 0 saturated carbocycles. The van der Waals surface area contributed by atoms with Crippen molar-refractivity contribution in [3.63, 3.8) is 0 Å². The Morgan fingerprint density at radius 2 is 0.506 bits per heavy atom. The summed E-state index contributed by atoms with van der Waals surface area (Å²) < 4.78 is 16.9. The first-order valence-electron chi connectivity index (χ1n) is 34.0. The van der Waals surface area contributed by atoms with Gasteiger partial charge in [0.15, 0.2) is 6.10 Å². The zero-order chi connectivity index (χ0) is 58.5. The molecule has 0 aromatic heterocycles. The summed E-state index contributed by atoms with van der Waals surface area (Å²) in [4.78, 5) is 38.3. The van der Waals surface area contributed by atoms with Crippen LogP contribution < -0.4 is 0 Å². The highest BCUT2D eigenvalue weighted by molar-refractivity contribution is 5.71. The molecule has 0 amide bonds. The summed E-state index contributed by atoms with van der Waals surface area (Å²) in [5.41, 5.74) is 0. The molecular formula is C75H126O6. The molecule has 0 N–H and O–H groups in total. The van der Waals surface area contributed by atoms with E-state index in [0.717, 1.165) is 109 Å². The predicted molar refractivity (Wildman–Crippen MR) is 353 cm³/mol. The fourth-order valence-corrected chi connectivity index (χ4v) is 9.42. The van der Waals surface area contributed by atoms with E-state index in [2.05, 4.69) is 136 Å².